The van der Waals surface area contributed by atoms with Crippen LogP contribution in [0.25, 0.3) is 0 Å². The van der Waals surface area contributed by atoms with Crippen molar-refractivity contribution in [1.29, 1.82) is 0 Å². The number of benzene rings is 1. The summed E-state index contributed by atoms with van der Waals surface area (Å²) in [6, 6.07) is 10.4. The lowest BCUT2D eigenvalue weighted by atomic mass is 10.1. The van der Waals surface area contributed by atoms with E-state index in [1.165, 1.54) is 5.69 Å². The molecule has 1 amide bonds. The van der Waals surface area contributed by atoms with E-state index in [9.17, 15) is 4.79 Å². The number of nitrogens with zero attached hydrogens (tertiary/aromatic N) is 4. The predicted octanol–water partition coefficient (Wildman–Crippen LogP) is 3.80. The lowest BCUT2D eigenvalue weighted by Gasteiger charge is -2.24. The summed E-state index contributed by atoms with van der Waals surface area (Å²) in [5, 5.41) is 3.62. The summed E-state index contributed by atoms with van der Waals surface area (Å²) in [5.74, 6) is 1.15. The SMILES string of the molecule is C=NO/C(=N\CC1CCN(C(=O)OC(C)(C)C)C1)C1CCN(c2ccccc2)C1. The first-order valence-corrected chi connectivity index (χ1v) is 10.3. The molecule has 2 aliphatic heterocycles. The Morgan fingerprint density at radius 2 is 1.93 bits per heavy atom. The zero-order chi connectivity index (χ0) is 20.9. The van der Waals surface area contributed by atoms with Crippen LogP contribution >= 0.6 is 0 Å². The average Bonchev–Trinajstić information content (AvgIpc) is 3.34. The Morgan fingerprint density at radius 1 is 1.17 bits per heavy atom. The van der Waals surface area contributed by atoms with E-state index in [0.717, 1.165) is 25.9 Å². The van der Waals surface area contributed by atoms with Crippen LogP contribution < -0.4 is 4.90 Å². The zero-order valence-corrected chi connectivity index (χ0v) is 17.7. The van der Waals surface area contributed by atoms with Crippen LogP contribution in [0.1, 0.15) is 33.6 Å². The predicted molar refractivity (Wildman–Crippen MR) is 116 cm³/mol. The van der Waals surface area contributed by atoms with Crippen LogP contribution in [0.3, 0.4) is 0 Å². The molecule has 0 radical (unpaired) electrons. The van der Waals surface area contributed by atoms with Crippen LogP contribution in [-0.2, 0) is 9.57 Å². The Kier molecular flexibility index (Phi) is 6.77. The van der Waals surface area contributed by atoms with Crippen molar-refractivity contribution in [3.63, 3.8) is 0 Å². The summed E-state index contributed by atoms with van der Waals surface area (Å²) in [5.41, 5.74) is 0.738. The first-order chi connectivity index (χ1) is 13.9. The molecule has 2 unspecified atom stereocenters. The summed E-state index contributed by atoms with van der Waals surface area (Å²) in [6.45, 7) is 12.9. The van der Waals surface area contributed by atoms with Gasteiger partial charge in [0.2, 0.25) is 5.90 Å². The van der Waals surface area contributed by atoms with E-state index in [2.05, 4.69) is 41.0 Å². The molecule has 0 aliphatic carbocycles. The summed E-state index contributed by atoms with van der Waals surface area (Å²) in [7, 11) is 0. The summed E-state index contributed by atoms with van der Waals surface area (Å²) in [6.07, 6.45) is 1.64. The van der Waals surface area contributed by atoms with E-state index in [1.54, 1.807) is 4.90 Å². The van der Waals surface area contributed by atoms with Crippen molar-refractivity contribution in [1.82, 2.24) is 4.90 Å². The Morgan fingerprint density at radius 3 is 2.62 bits per heavy atom. The molecule has 7 nitrogen and oxygen atoms in total. The van der Waals surface area contributed by atoms with Gasteiger partial charge in [-0.1, -0.05) is 23.4 Å². The molecule has 0 spiro atoms. The standard InChI is InChI=1S/C22H32N4O3/c1-22(2,3)28-21(27)26-12-10-17(15-26)14-24-20(29-23-4)18-11-13-25(16-18)19-8-6-5-7-9-19/h5-9,17-18H,4,10-16H2,1-3H3/b24-20-. The van der Waals surface area contributed by atoms with Crippen LogP contribution in [0.4, 0.5) is 10.5 Å². The molecular weight excluding hydrogens is 368 g/mol. The highest BCUT2D eigenvalue weighted by molar-refractivity contribution is 5.80. The number of para-hydroxylation sites is 1. The van der Waals surface area contributed by atoms with Gasteiger partial charge in [0.05, 0.1) is 5.92 Å². The van der Waals surface area contributed by atoms with Crippen LogP contribution in [-0.4, -0.2) is 61.9 Å². The summed E-state index contributed by atoms with van der Waals surface area (Å²) in [4.78, 5) is 26.5. The van der Waals surface area contributed by atoms with Gasteiger partial charge in [0.15, 0.2) is 0 Å². The van der Waals surface area contributed by atoms with Gasteiger partial charge in [0.25, 0.3) is 0 Å². The first kappa shape index (κ1) is 21.1. The molecule has 29 heavy (non-hydrogen) atoms. The van der Waals surface area contributed by atoms with Crippen molar-refractivity contribution in [2.75, 3.05) is 37.6 Å². The quantitative estimate of drug-likeness (QED) is 0.428. The van der Waals surface area contributed by atoms with E-state index >= 15 is 0 Å². The second kappa shape index (κ2) is 9.29. The average molecular weight is 401 g/mol. The minimum absolute atomic E-state index is 0.198. The number of aliphatic imine (C=N–C) groups is 1. The minimum Gasteiger partial charge on any atom is -0.444 e. The van der Waals surface area contributed by atoms with Crippen LogP contribution in [0.2, 0.25) is 0 Å². The van der Waals surface area contributed by atoms with Crippen molar-refractivity contribution in [3.8, 4) is 0 Å². The first-order valence-electron chi connectivity index (χ1n) is 10.3. The van der Waals surface area contributed by atoms with E-state index < -0.39 is 5.60 Å². The molecule has 0 bridgehead atoms. The van der Waals surface area contributed by atoms with Gasteiger partial charge in [-0.15, -0.1) is 0 Å². The van der Waals surface area contributed by atoms with Crippen molar-refractivity contribution in [3.05, 3.63) is 30.3 Å². The number of amides is 1. The third-order valence-electron chi connectivity index (χ3n) is 5.26. The van der Waals surface area contributed by atoms with Gasteiger partial charge in [-0.25, -0.2) is 4.79 Å². The Bertz CT molecular complexity index is 729. The zero-order valence-electron chi connectivity index (χ0n) is 17.7. The van der Waals surface area contributed by atoms with Gasteiger partial charge < -0.3 is 19.4 Å². The molecule has 2 saturated heterocycles. The summed E-state index contributed by atoms with van der Waals surface area (Å²) >= 11 is 0. The molecule has 0 saturated carbocycles. The number of rotatable bonds is 5. The second-order valence-electron chi connectivity index (χ2n) is 8.75. The minimum atomic E-state index is -0.475. The number of anilines is 1. The van der Waals surface area contributed by atoms with Gasteiger partial charge in [0.1, 0.15) is 5.60 Å². The van der Waals surface area contributed by atoms with E-state index in [0.29, 0.717) is 31.4 Å². The van der Waals surface area contributed by atoms with E-state index in [4.69, 9.17) is 14.6 Å². The molecule has 0 aromatic heterocycles. The second-order valence-corrected chi connectivity index (χ2v) is 8.75. The molecule has 0 N–H and O–H groups in total. The monoisotopic (exact) mass is 400 g/mol. The van der Waals surface area contributed by atoms with Gasteiger partial charge in [-0.3, -0.25) is 4.99 Å². The molecule has 158 valence electrons. The maximum atomic E-state index is 12.2. The van der Waals surface area contributed by atoms with Gasteiger partial charge in [0, 0.05) is 45.1 Å². The molecule has 2 aliphatic rings. The number of carbonyl (C=O) groups is 1. The van der Waals surface area contributed by atoms with E-state index in [-0.39, 0.29) is 12.0 Å². The number of hydrogen-bond acceptors (Lipinski definition) is 6. The van der Waals surface area contributed by atoms with Gasteiger partial charge >= 0.3 is 6.09 Å². The van der Waals surface area contributed by atoms with Gasteiger partial charge in [-0.05, 0) is 51.7 Å². The molecule has 3 rings (SSSR count). The van der Waals surface area contributed by atoms with Crippen LogP contribution in [0.15, 0.2) is 40.5 Å². The highest BCUT2D eigenvalue weighted by atomic mass is 16.6. The number of ether oxygens (including phenoxy) is 1. The van der Waals surface area contributed by atoms with Gasteiger partial charge in [-0.2, -0.15) is 0 Å². The normalized spacial score (nSPS) is 22.7. The van der Waals surface area contributed by atoms with Crippen molar-refractivity contribution < 1.29 is 14.4 Å². The highest BCUT2D eigenvalue weighted by Gasteiger charge is 2.31. The fraction of sp³-hybridized carbons (Fsp3) is 0.591. The fourth-order valence-corrected chi connectivity index (χ4v) is 3.83. The largest absolute Gasteiger partial charge is 0.444 e. The van der Waals surface area contributed by atoms with Crippen molar-refractivity contribution in [2.45, 2.75) is 39.2 Å². The third kappa shape index (κ3) is 5.95. The highest BCUT2D eigenvalue weighted by Crippen LogP contribution is 2.26. The maximum Gasteiger partial charge on any atom is 0.410 e. The topological polar surface area (TPSA) is 66.7 Å². The number of hydrogen-bond donors (Lipinski definition) is 0. The molecule has 2 fully saturated rings. The Hall–Kier alpha value is -2.57. The maximum absolute atomic E-state index is 12.2. The third-order valence-corrected chi connectivity index (χ3v) is 5.26. The molecule has 7 heteroatoms. The lowest BCUT2D eigenvalue weighted by Crippen LogP contribution is -2.35. The number of likely N-dealkylation sites (tertiary alicyclic amines) is 1. The molecule has 1 aromatic rings. The molecular formula is C22H32N4O3. The summed E-state index contributed by atoms with van der Waals surface area (Å²) < 4.78 is 5.47. The Labute approximate surface area is 173 Å². The molecule has 2 heterocycles. The van der Waals surface area contributed by atoms with Crippen molar-refractivity contribution >= 4 is 24.4 Å². The van der Waals surface area contributed by atoms with E-state index in [1.807, 2.05) is 26.8 Å². The molecule has 1 aromatic carbocycles. The number of carbonyl (C=O) groups excluding carboxylic acids is 1. The number of oxime groups is 1. The lowest BCUT2D eigenvalue weighted by molar-refractivity contribution is 0.0289. The smallest absolute Gasteiger partial charge is 0.410 e. The Balaban J connectivity index is 1.55. The van der Waals surface area contributed by atoms with Crippen molar-refractivity contribution in [2.24, 2.45) is 22.0 Å². The fourth-order valence-electron chi connectivity index (χ4n) is 3.83. The molecule has 2 atom stereocenters. The van der Waals surface area contributed by atoms with Crippen LogP contribution in [0.5, 0.6) is 0 Å². The van der Waals surface area contributed by atoms with Crippen LogP contribution in [0, 0.1) is 11.8 Å².